The van der Waals surface area contributed by atoms with E-state index in [2.05, 4.69) is 19.7 Å². The van der Waals surface area contributed by atoms with Gasteiger partial charge in [-0.2, -0.15) is 0 Å². The Labute approximate surface area is 129 Å². The first-order valence-electron chi connectivity index (χ1n) is 6.33. The zero-order chi connectivity index (χ0) is 15.1. The van der Waals surface area contributed by atoms with Crippen LogP contribution in [0.3, 0.4) is 0 Å². The molecule has 0 amide bonds. The summed E-state index contributed by atoms with van der Waals surface area (Å²) in [6.45, 7) is 17.3. The monoisotopic (exact) mass is 344 g/mol. The van der Waals surface area contributed by atoms with E-state index in [0.717, 1.165) is 23.0 Å². The molecule has 0 atom stereocenters. The summed E-state index contributed by atoms with van der Waals surface area (Å²) in [5, 5.41) is 0. The molecule has 0 saturated carbocycles. The van der Waals surface area contributed by atoms with Crippen LogP contribution in [0.15, 0.2) is 38.0 Å². The summed E-state index contributed by atoms with van der Waals surface area (Å²) in [6.07, 6.45) is 7.92. The van der Waals surface area contributed by atoms with Gasteiger partial charge in [-0.05, 0) is 0 Å². The van der Waals surface area contributed by atoms with Gasteiger partial charge in [0.2, 0.25) is 0 Å². The molecule has 0 heterocycles. The summed E-state index contributed by atoms with van der Waals surface area (Å²) in [5.74, 6) is 0. The number of rotatable bonds is 9. The second kappa shape index (κ2) is 7.94. The van der Waals surface area contributed by atoms with Crippen molar-refractivity contribution in [2.45, 2.75) is 40.0 Å². The van der Waals surface area contributed by atoms with Gasteiger partial charge in [-0.15, -0.1) is 0 Å². The predicted molar refractivity (Wildman–Crippen MR) is 89.7 cm³/mol. The molecular formula is C16H24OSSe. The van der Waals surface area contributed by atoms with Crippen molar-refractivity contribution in [2.75, 3.05) is 0 Å². The quantitative estimate of drug-likeness (QED) is 0.353. The van der Waals surface area contributed by atoms with E-state index in [1.54, 1.807) is 0 Å². The Bertz CT molecular complexity index is 350. The number of thiocarbonyl (C=S) groups is 1. The minimum atomic E-state index is -0.327. The van der Waals surface area contributed by atoms with Gasteiger partial charge in [-0.25, -0.2) is 0 Å². The molecule has 19 heavy (non-hydrogen) atoms. The van der Waals surface area contributed by atoms with Crippen molar-refractivity contribution in [1.29, 1.82) is 0 Å². The van der Waals surface area contributed by atoms with Gasteiger partial charge in [-0.3, -0.25) is 0 Å². The van der Waals surface area contributed by atoms with Crippen LogP contribution in [-0.4, -0.2) is 23.4 Å². The molecule has 0 unspecified atom stereocenters. The molecule has 0 aromatic carbocycles. The average molecular weight is 343 g/mol. The summed E-state index contributed by atoms with van der Waals surface area (Å²) >= 11 is 5.30. The van der Waals surface area contributed by atoms with E-state index in [-0.39, 0.29) is 30.5 Å². The first-order chi connectivity index (χ1) is 8.73. The summed E-state index contributed by atoms with van der Waals surface area (Å²) < 4.78 is 1.10. The first kappa shape index (κ1) is 18.5. The van der Waals surface area contributed by atoms with Gasteiger partial charge >= 0.3 is 129 Å². The van der Waals surface area contributed by atoms with Crippen LogP contribution in [-0.2, 0) is 4.79 Å². The van der Waals surface area contributed by atoms with Gasteiger partial charge in [0.05, 0.1) is 0 Å². The van der Waals surface area contributed by atoms with Crippen LogP contribution < -0.4 is 0 Å². The molecule has 0 aromatic heterocycles. The Hall–Kier alpha value is -0.501. The van der Waals surface area contributed by atoms with Crippen molar-refractivity contribution in [3.8, 4) is 0 Å². The van der Waals surface area contributed by atoms with E-state index < -0.39 is 0 Å². The van der Waals surface area contributed by atoms with Crippen LogP contribution in [0.25, 0.3) is 0 Å². The van der Waals surface area contributed by atoms with Crippen LogP contribution in [0.1, 0.15) is 40.0 Å². The second-order valence-electron chi connectivity index (χ2n) is 5.69. The van der Waals surface area contributed by atoms with Crippen LogP contribution in [0.5, 0.6) is 0 Å². The third kappa shape index (κ3) is 5.56. The van der Waals surface area contributed by atoms with E-state index in [0.29, 0.717) is 0 Å². The fourth-order valence-corrected chi connectivity index (χ4v) is 4.29. The molecule has 0 bridgehead atoms. The third-order valence-electron chi connectivity index (χ3n) is 2.84. The maximum atomic E-state index is 12.2. The molecule has 1 nitrogen and oxygen atoms in total. The number of allylic oxidation sites excluding steroid dienone is 3. The summed E-state index contributed by atoms with van der Waals surface area (Å²) in [6, 6.07) is 0. The molecule has 106 valence electrons. The Morgan fingerprint density at radius 3 is 1.68 bits per heavy atom. The minimum absolute atomic E-state index is 0.207. The summed E-state index contributed by atoms with van der Waals surface area (Å²) in [7, 11) is 0. The third-order valence-corrected chi connectivity index (χ3v) is 6.67. The number of hydrogen-bond acceptors (Lipinski definition) is 2. The Morgan fingerprint density at radius 2 is 1.42 bits per heavy atom. The standard InChI is InChI=1S/C16H24OSSe/c1-7-10-16(11-8-2,12-9-3)14(18)19-13(17)15(4,5)6/h7-9H,1-3,10-12H2,4-6H3. The van der Waals surface area contributed by atoms with E-state index in [9.17, 15) is 4.79 Å². The molecule has 0 aromatic rings. The van der Waals surface area contributed by atoms with E-state index in [4.69, 9.17) is 12.2 Å². The molecule has 3 heteroatoms. The van der Waals surface area contributed by atoms with Crippen molar-refractivity contribution < 1.29 is 4.79 Å². The number of hydrogen-bond donors (Lipinski definition) is 0. The van der Waals surface area contributed by atoms with E-state index >= 15 is 0 Å². The van der Waals surface area contributed by atoms with Crippen molar-refractivity contribution >= 4 is 35.6 Å². The topological polar surface area (TPSA) is 17.1 Å². The maximum absolute atomic E-state index is 12.2. The van der Waals surface area contributed by atoms with Crippen molar-refractivity contribution in [3.05, 3.63) is 38.0 Å². The molecule has 0 aliphatic heterocycles. The Morgan fingerprint density at radius 1 is 1.05 bits per heavy atom. The summed E-state index contributed by atoms with van der Waals surface area (Å²) in [5.41, 5.74) is -0.534. The van der Waals surface area contributed by atoms with Gasteiger partial charge in [0, 0.05) is 0 Å². The zero-order valence-electron chi connectivity index (χ0n) is 12.2. The van der Waals surface area contributed by atoms with Gasteiger partial charge in [-0.1, -0.05) is 0 Å². The Kier molecular flexibility index (Phi) is 7.73. The number of carbonyl (C=O) groups is 1. The van der Waals surface area contributed by atoms with Crippen LogP contribution in [0.4, 0.5) is 0 Å². The summed E-state index contributed by atoms with van der Waals surface area (Å²) in [4.78, 5) is 12.2. The van der Waals surface area contributed by atoms with Gasteiger partial charge in [0.25, 0.3) is 0 Å². The van der Waals surface area contributed by atoms with Gasteiger partial charge in [0.15, 0.2) is 0 Å². The molecule has 0 aliphatic rings. The van der Waals surface area contributed by atoms with E-state index in [1.807, 2.05) is 39.0 Å². The molecule has 0 saturated heterocycles. The number of carbonyl (C=O) groups excluding carboxylic acids is 1. The molecule has 0 rings (SSSR count). The Balaban J connectivity index is 5.19. The van der Waals surface area contributed by atoms with Gasteiger partial charge in [0.1, 0.15) is 0 Å². The molecule has 0 radical (unpaired) electrons. The van der Waals surface area contributed by atoms with E-state index in [1.165, 1.54) is 0 Å². The SMILES string of the molecule is C=CCC(CC=C)(CC=C)C(=S)[Se]C(=O)C(C)(C)C. The normalized spacial score (nSPS) is 11.7. The van der Waals surface area contributed by atoms with Gasteiger partial charge < -0.3 is 0 Å². The zero-order valence-corrected chi connectivity index (χ0v) is 14.7. The first-order valence-corrected chi connectivity index (χ1v) is 8.45. The van der Waals surface area contributed by atoms with Crippen LogP contribution >= 0.6 is 12.2 Å². The predicted octanol–water partition coefficient (Wildman–Crippen LogP) is 4.31. The molecular weight excluding hydrogens is 319 g/mol. The second-order valence-corrected chi connectivity index (χ2v) is 8.74. The molecule has 0 fully saturated rings. The molecule has 0 aliphatic carbocycles. The van der Waals surface area contributed by atoms with Crippen molar-refractivity contribution in [2.24, 2.45) is 10.8 Å². The van der Waals surface area contributed by atoms with Crippen LogP contribution in [0.2, 0.25) is 0 Å². The average Bonchev–Trinajstić information content (AvgIpc) is 2.28. The van der Waals surface area contributed by atoms with Crippen molar-refractivity contribution in [3.63, 3.8) is 0 Å². The fourth-order valence-electron chi connectivity index (χ4n) is 1.67. The molecule has 0 N–H and O–H groups in total. The molecule has 0 spiro atoms. The van der Waals surface area contributed by atoms with Crippen LogP contribution in [0, 0.1) is 10.8 Å². The van der Waals surface area contributed by atoms with Crippen molar-refractivity contribution in [1.82, 2.24) is 0 Å². The fraction of sp³-hybridized carbons (Fsp3) is 0.500.